The second-order valence-corrected chi connectivity index (χ2v) is 6.62. The van der Waals surface area contributed by atoms with Gasteiger partial charge in [0.25, 0.3) is 0 Å². The van der Waals surface area contributed by atoms with Gasteiger partial charge in [0.1, 0.15) is 5.82 Å². The van der Waals surface area contributed by atoms with Crippen LogP contribution in [0.4, 0.5) is 17.5 Å². The Morgan fingerprint density at radius 3 is 2.26 bits per heavy atom. The summed E-state index contributed by atoms with van der Waals surface area (Å²) >= 11 is 0. The fourth-order valence-electron chi connectivity index (χ4n) is 3.67. The smallest absolute Gasteiger partial charge is 0.228 e. The van der Waals surface area contributed by atoms with E-state index in [0.717, 1.165) is 54.8 Å². The van der Waals surface area contributed by atoms with Crippen molar-refractivity contribution in [2.45, 2.75) is 6.42 Å². The van der Waals surface area contributed by atoms with Crippen LogP contribution >= 0.6 is 0 Å². The van der Waals surface area contributed by atoms with Crippen LogP contribution in [-0.2, 0) is 11.2 Å². The number of aromatic nitrogens is 4. The first-order valence-corrected chi connectivity index (χ1v) is 9.22. The SMILES string of the molecule is c1cc(-c2nc(N3CCOCC3)nc3c2CCN3c2ccncc2)ccn1. The first kappa shape index (κ1) is 16.1. The maximum atomic E-state index is 5.50. The largest absolute Gasteiger partial charge is 0.378 e. The number of ether oxygens (including phenoxy) is 1. The molecule has 0 radical (unpaired) electrons. The molecule has 0 N–H and O–H groups in total. The van der Waals surface area contributed by atoms with Gasteiger partial charge >= 0.3 is 0 Å². The molecule has 0 atom stereocenters. The van der Waals surface area contributed by atoms with E-state index < -0.39 is 0 Å². The maximum Gasteiger partial charge on any atom is 0.228 e. The van der Waals surface area contributed by atoms with Crippen LogP contribution in [0.25, 0.3) is 11.3 Å². The van der Waals surface area contributed by atoms with E-state index >= 15 is 0 Å². The van der Waals surface area contributed by atoms with Crippen molar-refractivity contribution < 1.29 is 4.74 Å². The summed E-state index contributed by atoms with van der Waals surface area (Å²) in [6.07, 6.45) is 8.18. The summed E-state index contributed by atoms with van der Waals surface area (Å²) in [6.45, 7) is 3.92. The molecule has 136 valence electrons. The van der Waals surface area contributed by atoms with Crippen LogP contribution in [0.1, 0.15) is 5.56 Å². The molecule has 0 aromatic carbocycles. The Labute approximate surface area is 157 Å². The summed E-state index contributed by atoms with van der Waals surface area (Å²) in [6, 6.07) is 8.08. The highest BCUT2D eigenvalue weighted by Gasteiger charge is 2.29. The molecule has 5 heterocycles. The monoisotopic (exact) mass is 360 g/mol. The molecular weight excluding hydrogens is 340 g/mol. The molecule has 0 amide bonds. The third kappa shape index (κ3) is 3.00. The summed E-state index contributed by atoms with van der Waals surface area (Å²) in [5.74, 6) is 1.76. The van der Waals surface area contributed by atoms with Crippen LogP contribution in [0, 0.1) is 0 Å². The van der Waals surface area contributed by atoms with E-state index in [-0.39, 0.29) is 0 Å². The molecule has 3 aromatic rings. The van der Waals surface area contributed by atoms with Gasteiger partial charge in [0.15, 0.2) is 0 Å². The van der Waals surface area contributed by atoms with E-state index in [0.29, 0.717) is 13.2 Å². The molecule has 1 fully saturated rings. The van der Waals surface area contributed by atoms with Crippen molar-refractivity contribution >= 4 is 17.5 Å². The Balaban J connectivity index is 1.65. The lowest BCUT2D eigenvalue weighted by Crippen LogP contribution is -2.37. The fraction of sp³-hybridized carbons (Fsp3) is 0.300. The molecule has 0 saturated carbocycles. The summed E-state index contributed by atoms with van der Waals surface area (Å²) in [5.41, 5.74) is 4.38. The molecule has 0 aliphatic carbocycles. The summed E-state index contributed by atoms with van der Waals surface area (Å²) < 4.78 is 5.50. The average molecular weight is 360 g/mol. The second kappa shape index (κ2) is 6.92. The molecule has 0 bridgehead atoms. The number of pyridine rings is 2. The Bertz CT molecular complexity index is 928. The van der Waals surface area contributed by atoms with Gasteiger partial charge in [0.2, 0.25) is 5.95 Å². The van der Waals surface area contributed by atoms with Crippen LogP contribution in [0.3, 0.4) is 0 Å². The van der Waals surface area contributed by atoms with Gasteiger partial charge in [-0.15, -0.1) is 0 Å². The molecular formula is C20H20N6O. The first-order valence-electron chi connectivity index (χ1n) is 9.22. The number of nitrogens with zero attached hydrogens (tertiary/aromatic N) is 6. The highest BCUT2D eigenvalue weighted by atomic mass is 16.5. The third-order valence-corrected chi connectivity index (χ3v) is 5.04. The van der Waals surface area contributed by atoms with Gasteiger partial charge in [-0.1, -0.05) is 0 Å². The standard InChI is InChI=1S/C20H20N6O/c1-6-21-7-2-15(1)18-17-5-10-26(16-3-8-22-9-4-16)19(17)24-20(23-18)25-11-13-27-14-12-25/h1-4,6-9H,5,10-14H2. The van der Waals surface area contributed by atoms with Crippen LogP contribution in [0.2, 0.25) is 0 Å². The molecule has 2 aliphatic rings. The van der Waals surface area contributed by atoms with Gasteiger partial charge in [-0.3, -0.25) is 9.97 Å². The van der Waals surface area contributed by atoms with E-state index in [9.17, 15) is 0 Å². The number of rotatable bonds is 3. The molecule has 5 rings (SSSR count). The predicted molar refractivity (Wildman–Crippen MR) is 103 cm³/mol. The molecule has 1 saturated heterocycles. The van der Waals surface area contributed by atoms with E-state index in [4.69, 9.17) is 14.7 Å². The van der Waals surface area contributed by atoms with Crippen molar-refractivity contribution in [3.63, 3.8) is 0 Å². The minimum atomic E-state index is 0.707. The Kier molecular flexibility index (Phi) is 4.14. The Morgan fingerprint density at radius 1 is 0.815 bits per heavy atom. The van der Waals surface area contributed by atoms with Gasteiger partial charge in [-0.2, -0.15) is 4.98 Å². The summed E-state index contributed by atoms with van der Waals surface area (Å²) in [4.78, 5) is 22.7. The Hall–Kier alpha value is -3.06. The topological polar surface area (TPSA) is 67.3 Å². The third-order valence-electron chi connectivity index (χ3n) is 5.04. The van der Waals surface area contributed by atoms with Crippen molar-refractivity contribution in [2.24, 2.45) is 0 Å². The second-order valence-electron chi connectivity index (χ2n) is 6.62. The fourth-order valence-corrected chi connectivity index (χ4v) is 3.67. The molecule has 0 unspecified atom stereocenters. The van der Waals surface area contributed by atoms with Crippen LogP contribution < -0.4 is 9.80 Å². The predicted octanol–water partition coefficient (Wildman–Crippen LogP) is 2.46. The van der Waals surface area contributed by atoms with Crippen LogP contribution in [0.15, 0.2) is 49.1 Å². The summed E-state index contributed by atoms with van der Waals surface area (Å²) in [5, 5.41) is 0. The lowest BCUT2D eigenvalue weighted by atomic mass is 10.1. The average Bonchev–Trinajstić information content (AvgIpc) is 3.19. The maximum absolute atomic E-state index is 5.50. The molecule has 2 aliphatic heterocycles. The van der Waals surface area contributed by atoms with Crippen LogP contribution in [-0.4, -0.2) is 52.8 Å². The number of fused-ring (bicyclic) bond motifs is 1. The lowest BCUT2D eigenvalue weighted by molar-refractivity contribution is 0.122. The number of anilines is 3. The van der Waals surface area contributed by atoms with Crippen molar-refractivity contribution in [1.29, 1.82) is 0 Å². The molecule has 27 heavy (non-hydrogen) atoms. The lowest BCUT2D eigenvalue weighted by Gasteiger charge is -2.28. The minimum Gasteiger partial charge on any atom is -0.378 e. The van der Waals surface area contributed by atoms with Gasteiger partial charge in [-0.05, 0) is 30.7 Å². The molecule has 0 spiro atoms. The molecule has 3 aromatic heterocycles. The van der Waals surface area contributed by atoms with Crippen molar-refractivity contribution in [1.82, 2.24) is 19.9 Å². The van der Waals surface area contributed by atoms with E-state index in [1.165, 1.54) is 5.56 Å². The van der Waals surface area contributed by atoms with Gasteiger partial charge < -0.3 is 14.5 Å². The zero-order valence-electron chi connectivity index (χ0n) is 15.0. The van der Waals surface area contributed by atoms with E-state index in [1.807, 2.05) is 49.1 Å². The van der Waals surface area contributed by atoms with Crippen LogP contribution in [0.5, 0.6) is 0 Å². The number of hydrogen-bond acceptors (Lipinski definition) is 7. The molecule has 7 nitrogen and oxygen atoms in total. The highest BCUT2D eigenvalue weighted by molar-refractivity contribution is 5.76. The molecule has 7 heteroatoms. The summed E-state index contributed by atoms with van der Waals surface area (Å²) in [7, 11) is 0. The van der Waals surface area contributed by atoms with Crippen molar-refractivity contribution in [3.05, 3.63) is 54.6 Å². The first-order chi connectivity index (χ1) is 13.4. The number of morpholine rings is 1. The Morgan fingerprint density at radius 2 is 1.52 bits per heavy atom. The number of hydrogen-bond donors (Lipinski definition) is 0. The minimum absolute atomic E-state index is 0.707. The van der Waals surface area contributed by atoms with Gasteiger partial charge in [0.05, 0.1) is 18.9 Å². The quantitative estimate of drug-likeness (QED) is 0.711. The normalized spacial score (nSPS) is 16.4. The zero-order chi connectivity index (χ0) is 18.1. The van der Waals surface area contributed by atoms with Crippen molar-refractivity contribution in [2.75, 3.05) is 42.6 Å². The highest BCUT2D eigenvalue weighted by Crippen LogP contribution is 2.38. The van der Waals surface area contributed by atoms with E-state index in [2.05, 4.69) is 19.8 Å². The zero-order valence-corrected chi connectivity index (χ0v) is 15.0. The van der Waals surface area contributed by atoms with Gasteiger partial charge in [-0.25, -0.2) is 4.98 Å². The van der Waals surface area contributed by atoms with Crippen molar-refractivity contribution in [3.8, 4) is 11.3 Å². The van der Waals surface area contributed by atoms with E-state index in [1.54, 1.807) is 0 Å². The van der Waals surface area contributed by atoms with Gasteiger partial charge in [0, 0.05) is 61.2 Å².